The standard InChI is InChI=1S/C17H22Cl2N2O.ClH/c18-14-6-4-11(8-15(14)19)2-1-3-17(22)21-9-12-5-7-16(20)13(12)10-21;/h4,6,8,12-13,16H,1-3,5,7,9-10,20H2;1H. The summed E-state index contributed by atoms with van der Waals surface area (Å²) in [5.41, 5.74) is 7.25. The zero-order valence-corrected chi connectivity index (χ0v) is 15.3. The van der Waals surface area contributed by atoms with Crippen LogP contribution >= 0.6 is 35.6 Å². The van der Waals surface area contributed by atoms with E-state index in [9.17, 15) is 4.79 Å². The maximum atomic E-state index is 12.3. The molecule has 1 aliphatic carbocycles. The first-order valence-corrected chi connectivity index (χ1v) is 8.77. The predicted octanol–water partition coefficient (Wildman–Crippen LogP) is 3.93. The molecule has 128 valence electrons. The van der Waals surface area contributed by atoms with E-state index in [0.29, 0.717) is 34.3 Å². The monoisotopic (exact) mass is 376 g/mol. The summed E-state index contributed by atoms with van der Waals surface area (Å²) in [5, 5.41) is 1.15. The minimum absolute atomic E-state index is 0. The lowest BCUT2D eigenvalue weighted by molar-refractivity contribution is -0.130. The number of rotatable bonds is 4. The van der Waals surface area contributed by atoms with Crippen molar-refractivity contribution in [1.29, 1.82) is 0 Å². The van der Waals surface area contributed by atoms with Crippen LogP contribution in [-0.4, -0.2) is 29.9 Å². The number of fused-ring (bicyclic) bond motifs is 1. The first-order valence-electron chi connectivity index (χ1n) is 8.02. The normalized spacial score (nSPS) is 26.0. The van der Waals surface area contributed by atoms with Crippen molar-refractivity contribution < 1.29 is 4.79 Å². The second-order valence-electron chi connectivity index (χ2n) is 6.57. The Bertz CT molecular complexity index is 567. The van der Waals surface area contributed by atoms with Gasteiger partial charge in [0.25, 0.3) is 0 Å². The smallest absolute Gasteiger partial charge is 0.222 e. The minimum atomic E-state index is 0. The second kappa shape index (κ2) is 8.06. The molecule has 0 bridgehead atoms. The molecule has 1 aromatic rings. The Labute approximate surface area is 153 Å². The maximum Gasteiger partial charge on any atom is 0.222 e. The average molecular weight is 378 g/mol. The van der Waals surface area contributed by atoms with Crippen molar-refractivity contribution in [1.82, 2.24) is 4.90 Å². The summed E-state index contributed by atoms with van der Waals surface area (Å²) in [7, 11) is 0. The van der Waals surface area contributed by atoms with Crippen molar-refractivity contribution in [3.8, 4) is 0 Å². The zero-order valence-electron chi connectivity index (χ0n) is 13.0. The van der Waals surface area contributed by atoms with Crippen LogP contribution in [0.1, 0.15) is 31.2 Å². The Hall–Kier alpha value is -0.480. The van der Waals surface area contributed by atoms with Crippen LogP contribution in [0.3, 0.4) is 0 Å². The van der Waals surface area contributed by atoms with Crippen LogP contribution in [0.5, 0.6) is 0 Å². The minimum Gasteiger partial charge on any atom is -0.342 e. The number of carbonyl (C=O) groups excluding carboxylic acids is 1. The van der Waals surface area contributed by atoms with Gasteiger partial charge in [0.2, 0.25) is 5.91 Å². The molecule has 3 nitrogen and oxygen atoms in total. The van der Waals surface area contributed by atoms with Gasteiger partial charge in [-0.2, -0.15) is 0 Å². The van der Waals surface area contributed by atoms with Crippen molar-refractivity contribution in [2.45, 2.75) is 38.1 Å². The lowest BCUT2D eigenvalue weighted by atomic mass is 9.98. The molecule has 2 N–H and O–H groups in total. The molecule has 6 heteroatoms. The van der Waals surface area contributed by atoms with E-state index in [0.717, 1.165) is 37.9 Å². The average Bonchev–Trinajstić information content (AvgIpc) is 3.05. The summed E-state index contributed by atoms with van der Waals surface area (Å²) in [6.45, 7) is 1.77. The number of nitrogens with two attached hydrogens (primary N) is 1. The third-order valence-corrected chi connectivity index (χ3v) is 5.84. The Kier molecular flexibility index (Phi) is 6.61. The maximum absolute atomic E-state index is 12.3. The summed E-state index contributed by atoms with van der Waals surface area (Å²) in [4.78, 5) is 14.3. The molecule has 1 saturated carbocycles. The Morgan fingerprint density at radius 3 is 2.70 bits per heavy atom. The van der Waals surface area contributed by atoms with Crippen LogP contribution in [0.4, 0.5) is 0 Å². The number of carbonyl (C=O) groups is 1. The van der Waals surface area contributed by atoms with Crippen LogP contribution in [0, 0.1) is 11.8 Å². The van der Waals surface area contributed by atoms with E-state index in [1.807, 2.05) is 23.1 Å². The molecule has 1 aliphatic heterocycles. The van der Waals surface area contributed by atoms with Gasteiger partial charge in [-0.25, -0.2) is 0 Å². The number of hydrogen-bond donors (Lipinski definition) is 1. The molecular weight excluding hydrogens is 355 g/mol. The van der Waals surface area contributed by atoms with Crippen molar-refractivity contribution in [2.24, 2.45) is 17.6 Å². The number of amides is 1. The molecule has 3 atom stereocenters. The number of halogens is 3. The molecule has 1 saturated heterocycles. The van der Waals surface area contributed by atoms with Gasteiger partial charge in [-0.15, -0.1) is 12.4 Å². The summed E-state index contributed by atoms with van der Waals surface area (Å²) in [6.07, 6.45) is 4.58. The van der Waals surface area contributed by atoms with E-state index in [1.165, 1.54) is 6.42 Å². The lowest BCUT2D eigenvalue weighted by Crippen LogP contribution is -2.33. The number of likely N-dealkylation sites (tertiary alicyclic amines) is 1. The van der Waals surface area contributed by atoms with Gasteiger partial charge in [-0.05, 0) is 55.2 Å². The number of nitrogens with zero attached hydrogens (tertiary/aromatic N) is 1. The van der Waals surface area contributed by atoms with E-state index >= 15 is 0 Å². The molecule has 0 radical (unpaired) electrons. The van der Waals surface area contributed by atoms with Gasteiger partial charge in [0.1, 0.15) is 0 Å². The van der Waals surface area contributed by atoms with Crippen LogP contribution < -0.4 is 5.73 Å². The Balaban J connectivity index is 0.00000192. The molecule has 0 spiro atoms. The SMILES string of the molecule is Cl.NC1CCC2CN(C(=O)CCCc3ccc(Cl)c(Cl)c3)CC12. The quantitative estimate of drug-likeness (QED) is 0.864. The van der Waals surface area contributed by atoms with E-state index < -0.39 is 0 Å². The van der Waals surface area contributed by atoms with Crippen molar-refractivity contribution in [3.63, 3.8) is 0 Å². The Morgan fingerprint density at radius 2 is 2.00 bits per heavy atom. The van der Waals surface area contributed by atoms with Gasteiger partial charge in [0.05, 0.1) is 10.0 Å². The highest BCUT2D eigenvalue weighted by atomic mass is 35.5. The van der Waals surface area contributed by atoms with Gasteiger partial charge in [0.15, 0.2) is 0 Å². The fraction of sp³-hybridized carbons (Fsp3) is 0.588. The fourth-order valence-corrected chi connectivity index (χ4v) is 4.13. The van der Waals surface area contributed by atoms with Crippen molar-refractivity contribution >= 4 is 41.5 Å². The Morgan fingerprint density at radius 1 is 1.22 bits per heavy atom. The number of aryl methyl sites for hydroxylation is 1. The summed E-state index contributed by atoms with van der Waals surface area (Å²) in [5.74, 6) is 1.43. The highest BCUT2D eigenvalue weighted by Crippen LogP contribution is 2.37. The van der Waals surface area contributed by atoms with Gasteiger partial charge in [-0.1, -0.05) is 29.3 Å². The molecule has 1 aromatic carbocycles. The zero-order chi connectivity index (χ0) is 15.7. The first kappa shape index (κ1) is 18.9. The highest BCUT2D eigenvalue weighted by Gasteiger charge is 2.42. The van der Waals surface area contributed by atoms with E-state index in [1.54, 1.807) is 0 Å². The molecule has 0 aromatic heterocycles. The fourth-order valence-electron chi connectivity index (χ4n) is 3.81. The van der Waals surface area contributed by atoms with Gasteiger partial charge >= 0.3 is 0 Å². The van der Waals surface area contributed by atoms with E-state index in [4.69, 9.17) is 28.9 Å². The molecule has 23 heavy (non-hydrogen) atoms. The number of hydrogen-bond acceptors (Lipinski definition) is 2. The molecule has 3 unspecified atom stereocenters. The van der Waals surface area contributed by atoms with Crippen LogP contribution in [0.25, 0.3) is 0 Å². The van der Waals surface area contributed by atoms with Crippen molar-refractivity contribution in [3.05, 3.63) is 33.8 Å². The van der Waals surface area contributed by atoms with Crippen LogP contribution in [0.2, 0.25) is 10.0 Å². The topological polar surface area (TPSA) is 46.3 Å². The third-order valence-electron chi connectivity index (χ3n) is 5.11. The van der Waals surface area contributed by atoms with Crippen molar-refractivity contribution in [2.75, 3.05) is 13.1 Å². The predicted molar refractivity (Wildman–Crippen MR) is 97.4 cm³/mol. The summed E-state index contributed by atoms with van der Waals surface area (Å²) >= 11 is 11.9. The van der Waals surface area contributed by atoms with Gasteiger partial charge < -0.3 is 10.6 Å². The number of benzene rings is 1. The second-order valence-corrected chi connectivity index (χ2v) is 7.38. The van der Waals surface area contributed by atoms with E-state index in [-0.39, 0.29) is 18.3 Å². The third kappa shape index (κ3) is 4.33. The van der Waals surface area contributed by atoms with Gasteiger partial charge in [-0.3, -0.25) is 4.79 Å². The van der Waals surface area contributed by atoms with Crippen LogP contribution in [0.15, 0.2) is 18.2 Å². The van der Waals surface area contributed by atoms with Gasteiger partial charge in [0, 0.05) is 25.6 Å². The van der Waals surface area contributed by atoms with E-state index in [2.05, 4.69) is 0 Å². The highest BCUT2D eigenvalue weighted by molar-refractivity contribution is 6.42. The largest absolute Gasteiger partial charge is 0.342 e. The first-order chi connectivity index (χ1) is 10.5. The molecule has 2 fully saturated rings. The molecule has 2 aliphatic rings. The summed E-state index contributed by atoms with van der Waals surface area (Å²) in [6, 6.07) is 5.95. The molecule has 3 rings (SSSR count). The van der Waals surface area contributed by atoms with Crippen LogP contribution in [-0.2, 0) is 11.2 Å². The molecule has 1 amide bonds. The molecule has 1 heterocycles. The molecular formula is C17H23Cl3N2O. The summed E-state index contributed by atoms with van der Waals surface area (Å²) < 4.78 is 0. The lowest BCUT2D eigenvalue weighted by Gasteiger charge is -2.18.